The van der Waals surface area contributed by atoms with Crippen LogP contribution in [0, 0.1) is 0 Å². The minimum absolute atomic E-state index is 0.440. The topological polar surface area (TPSA) is 52.3 Å². The van der Waals surface area contributed by atoms with Crippen LogP contribution in [0.2, 0.25) is 0 Å². The van der Waals surface area contributed by atoms with E-state index in [2.05, 4.69) is 15.9 Å². The van der Waals surface area contributed by atoms with E-state index in [9.17, 15) is 4.21 Å². The molecular formula is C14H14BrNO2S. The van der Waals surface area contributed by atoms with E-state index in [1.807, 2.05) is 42.5 Å². The van der Waals surface area contributed by atoms with Gasteiger partial charge in [0.05, 0.1) is 23.7 Å². The molecule has 1 atom stereocenters. The summed E-state index contributed by atoms with van der Waals surface area (Å²) in [5.41, 5.74) is 7.37. The van der Waals surface area contributed by atoms with Gasteiger partial charge in [-0.3, -0.25) is 4.21 Å². The van der Waals surface area contributed by atoms with Gasteiger partial charge >= 0.3 is 0 Å². The number of halogens is 1. The molecule has 0 aliphatic carbocycles. The van der Waals surface area contributed by atoms with Crippen LogP contribution < -0.4 is 10.5 Å². The van der Waals surface area contributed by atoms with Gasteiger partial charge in [-0.05, 0) is 48.0 Å². The van der Waals surface area contributed by atoms with E-state index in [4.69, 9.17) is 10.5 Å². The van der Waals surface area contributed by atoms with Gasteiger partial charge in [0.15, 0.2) is 0 Å². The Morgan fingerprint density at radius 3 is 2.47 bits per heavy atom. The van der Waals surface area contributed by atoms with Crippen molar-refractivity contribution in [3.8, 4) is 5.75 Å². The first-order valence-corrected chi connectivity index (χ1v) is 7.77. The highest BCUT2D eigenvalue weighted by Crippen LogP contribution is 2.21. The van der Waals surface area contributed by atoms with Gasteiger partial charge in [-0.25, -0.2) is 0 Å². The van der Waals surface area contributed by atoms with E-state index in [1.54, 1.807) is 7.11 Å². The van der Waals surface area contributed by atoms with E-state index in [0.29, 0.717) is 11.4 Å². The number of anilines is 1. The molecule has 0 aliphatic heterocycles. The van der Waals surface area contributed by atoms with Crippen molar-refractivity contribution in [1.29, 1.82) is 0 Å². The largest absolute Gasteiger partial charge is 0.497 e. The van der Waals surface area contributed by atoms with Crippen LogP contribution in [0.4, 0.5) is 5.69 Å². The van der Waals surface area contributed by atoms with Gasteiger partial charge in [0.1, 0.15) is 5.75 Å². The summed E-state index contributed by atoms with van der Waals surface area (Å²) in [6, 6.07) is 12.8. The van der Waals surface area contributed by atoms with E-state index in [0.717, 1.165) is 20.7 Å². The third-order valence-corrected chi connectivity index (χ3v) is 4.45. The fourth-order valence-electron chi connectivity index (χ4n) is 1.72. The minimum atomic E-state index is -1.09. The van der Waals surface area contributed by atoms with Gasteiger partial charge in [0.25, 0.3) is 0 Å². The van der Waals surface area contributed by atoms with Gasteiger partial charge in [-0.2, -0.15) is 0 Å². The van der Waals surface area contributed by atoms with Crippen molar-refractivity contribution in [2.45, 2.75) is 10.6 Å². The summed E-state index contributed by atoms with van der Waals surface area (Å²) in [6.45, 7) is 0. The SMILES string of the molecule is COc1ccc(S(=O)Cc2cc(N)cc(Br)c2)cc1. The predicted octanol–water partition coefficient (Wildman–Crippen LogP) is 3.35. The lowest BCUT2D eigenvalue weighted by molar-refractivity contribution is 0.414. The Morgan fingerprint density at radius 2 is 1.89 bits per heavy atom. The lowest BCUT2D eigenvalue weighted by Crippen LogP contribution is -1.98. The second kappa shape index (κ2) is 6.21. The lowest BCUT2D eigenvalue weighted by atomic mass is 10.2. The molecule has 2 aromatic rings. The molecule has 0 saturated heterocycles. The average Bonchev–Trinajstić information content (AvgIpc) is 2.37. The molecule has 100 valence electrons. The summed E-state index contributed by atoms with van der Waals surface area (Å²) >= 11 is 3.38. The molecule has 0 amide bonds. The summed E-state index contributed by atoms with van der Waals surface area (Å²) in [5, 5.41) is 0. The van der Waals surface area contributed by atoms with Crippen LogP contribution in [-0.4, -0.2) is 11.3 Å². The fraction of sp³-hybridized carbons (Fsp3) is 0.143. The Kier molecular flexibility index (Phi) is 4.61. The highest BCUT2D eigenvalue weighted by atomic mass is 79.9. The molecule has 3 nitrogen and oxygen atoms in total. The molecule has 5 heteroatoms. The molecule has 0 heterocycles. The second-order valence-corrected chi connectivity index (χ2v) is 6.42. The molecule has 0 aliphatic rings. The van der Waals surface area contributed by atoms with Gasteiger partial charge in [0, 0.05) is 15.1 Å². The minimum Gasteiger partial charge on any atom is -0.497 e. The number of hydrogen-bond acceptors (Lipinski definition) is 3. The van der Waals surface area contributed by atoms with Gasteiger partial charge in [-0.15, -0.1) is 0 Å². The van der Waals surface area contributed by atoms with Crippen molar-refractivity contribution in [3.63, 3.8) is 0 Å². The van der Waals surface area contributed by atoms with Crippen LogP contribution in [0.1, 0.15) is 5.56 Å². The summed E-state index contributed by atoms with van der Waals surface area (Å²) in [4.78, 5) is 0.777. The second-order valence-electron chi connectivity index (χ2n) is 4.06. The number of nitrogens with two attached hydrogens (primary N) is 1. The Morgan fingerprint density at radius 1 is 1.21 bits per heavy atom. The normalized spacial score (nSPS) is 12.1. The Bertz CT molecular complexity index is 579. The zero-order valence-corrected chi connectivity index (χ0v) is 12.8. The molecule has 0 bridgehead atoms. The summed E-state index contributed by atoms with van der Waals surface area (Å²) < 4.78 is 18.2. The average molecular weight is 340 g/mol. The van der Waals surface area contributed by atoms with Crippen LogP contribution >= 0.6 is 15.9 Å². The van der Waals surface area contributed by atoms with Crippen molar-refractivity contribution in [3.05, 3.63) is 52.5 Å². The van der Waals surface area contributed by atoms with Crippen LogP contribution in [0.3, 0.4) is 0 Å². The smallest absolute Gasteiger partial charge is 0.118 e. The van der Waals surface area contributed by atoms with E-state index in [-0.39, 0.29) is 0 Å². The summed E-state index contributed by atoms with van der Waals surface area (Å²) in [7, 11) is 0.514. The standard InChI is InChI=1S/C14H14BrNO2S/c1-18-13-2-4-14(5-3-13)19(17)9-10-6-11(15)8-12(16)7-10/h2-8H,9,16H2,1H3. The van der Waals surface area contributed by atoms with Gasteiger partial charge < -0.3 is 10.5 Å². The predicted molar refractivity (Wildman–Crippen MR) is 81.7 cm³/mol. The molecule has 2 rings (SSSR count). The van der Waals surface area contributed by atoms with Crippen LogP contribution in [0.5, 0.6) is 5.75 Å². The number of methoxy groups -OCH3 is 1. The van der Waals surface area contributed by atoms with E-state index >= 15 is 0 Å². The van der Waals surface area contributed by atoms with Gasteiger partial charge in [0.2, 0.25) is 0 Å². The molecule has 0 aromatic heterocycles. The third kappa shape index (κ3) is 3.81. The van der Waals surface area contributed by atoms with Crippen LogP contribution in [-0.2, 0) is 16.6 Å². The molecule has 0 spiro atoms. The van der Waals surface area contributed by atoms with Crippen molar-refractivity contribution in [1.82, 2.24) is 0 Å². The summed E-state index contributed by atoms with van der Waals surface area (Å²) in [6.07, 6.45) is 0. The van der Waals surface area contributed by atoms with Crippen molar-refractivity contribution in [2.24, 2.45) is 0 Å². The number of nitrogen functional groups attached to an aromatic ring is 1. The Labute approximate surface area is 123 Å². The molecule has 0 radical (unpaired) electrons. The maximum atomic E-state index is 12.3. The summed E-state index contributed by atoms with van der Waals surface area (Å²) in [5.74, 6) is 1.20. The number of benzene rings is 2. The van der Waals surface area contributed by atoms with Crippen molar-refractivity contribution >= 4 is 32.4 Å². The molecule has 0 saturated carbocycles. The molecule has 2 N–H and O–H groups in total. The van der Waals surface area contributed by atoms with E-state index < -0.39 is 10.8 Å². The maximum Gasteiger partial charge on any atom is 0.118 e. The van der Waals surface area contributed by atoms with Crippen molar-refractivity contribution in [2.75, 3.05) is 12.8 Å². The van der Waals surface area contributed by atoms with Gasteiger partial charge in [-0.1, -0.05) is 15.9 Å². The van der Waals surface area contributed by atoms with Crippen LogP contribution in [0.15, 0.2) is 51.8 Å². The van der Waals surface area contributed by atoms with E-state index in [1.165, 1.54) is 0 Å². The fourth-order valence-corrected chi connectivity index (χ4v) is 3.36. The number of rotatable bonds is 4. The molecule has 1 unspecified atom stereocenters. The highest BCUT2D eigenvalue weighted by molar-refractivity contribution is 9.10. The number of hydrogen-bond donors (Lipinski definition) is 1. The maximum absolute atomic E-state index is 12.3. The van der Waals surface area contributed by atoms with Crippen molar-refractivity contribution < 1.29 is 8.95 Å². The molecule has 0 fully saturated rings. The quantitative estimate of drug-likeness (QED) is 0.869. The zero-order valence-electron chi connectivity index (χ0n) is 10.4. The monoisotopic (exact) mass is 339 g/mol. The van der Waals surface area contributed by atoms with Crippen LogP contribution in [0.25, 0.3) is 0 Å². The Balaban J connectivity index is 2.15. The molecule has 2 aromatic carbocycles. The number of ether oxygens (including phenoxy) is 1. The first-order chi connectivity index (χ1) is 9.08. The first kappa shape index (κ1) is 14.1. The molecular weight excluding hydrogens is 326 g/mol. The zero-order chi connectivity index (χ0) is 13.8. The molecule has 19 heavy (non-hydrogen) atoms. The Hall–Kier alpha value is -1.33. The third-order valence-electron chi connectivity index (χ3n) is 2.60. The lowest BCUT2D eigenvalue weighted by Gasteiger charge is -2.06. The first-order valence-electron chi connectivity index (χ1n) is 5.66. The highest BCUT2D eigenvalue weighted by Gasteiger charge is 2.07.